The lowest BCUT2D eigenvalue weighted by molar-refractivity contribution is -0.883. The van der Waals surface area contributed by atoms with E-state index in [1.165, 1.54) is 17.0 Å². The van der Waals surface area contributed by atoms with Crippen molar-refractivity contribution in [2.45, 2.75) is 44.4 Å². The van der Waals surface area contributed by atoms with Gasteiger partial charge in [-0.25, -0.2) is 4.39 Å². The van der Waals surface area contributed by atoms with Gasteiger partial charge in [-0.3, -0.25) is 14.5 Å². The average molecular weight is 405 g/mol. The number of amides is 2. The van der Waals surface area contributed by atoms with Crippen LogP contribution in [0.2, 0.25) is 0 Å². The standard InChI is InChI=1S/C22H30FN3O3/c1-16-7-9-22(10-8-16)26(20(27)17-5-3-4-6-18(17)23)19(15-29-22)21(28)25-13-11-24(2)12-14-25/h3-6,16,19H,7-15H2,1-2H3/p+1/t16?,19-,22?/m1/s1. The van der Waals surface area contributed by atoms with E-state index in [0.717, 1.165) is 25.9 Å². The molecule has 29 heavy (non-hydrogen) atoms. The smallest absolute Gasteiger partial charge is 0.259 e. The number of quaternary nitrogens is 1. The third kappa shape index (κ3) is 3.78. The molecule has 0 radical (unpaired) electrons. The first-order chi connectivity index (χ1) is 13.9. The van der Waals surface area contributed by atoms with Gasteiger partial charge in [-0.05, 0) is 43.7 Å². The number of hydrogen-bond acceptors (Lipinski definition) is 3. The van der Waals surface area contributed by atoms with Crippen LogP contribution in [-0.4, -0.2) is 73.2 Å². The van der Waals surface area contributed by atoms with Crippen LogP contribution in [0.3, 0.4) is 0 Å². The molecule has 6 nitrogen and oxygen atoms in total. The van der Waals surface area contributed by atoms with E-state index in [-0.39, 0.29) is 18.1 Å². The summed E-state index contributed by atoms with van der Waals surface area (Å²) in [5, 5.41) is 0. The summed E-state index contributed by atoms with van der Waals surface area (Å²) in [7, 11) is 2.12. The molecule has 0 aromatic heterocycles. The van der Waals surface area contributed by atoms with Gasteiger partial charge in [0, 0.05) is 0 Å². The fourth-order valence-corrected chi connectivity index (χ4v) is 4.85. The fourth-order valence-electron chi connectivity index (χ4n) is 4.85. The Morgan fingerprint density at radius 3 is 2.48 bits per heavy atom. The largest absolute Gasteiger partial charge is 0.353 e. The van der Waals surface area contributed by atoms with Gasteiger partial charge in [-0.1, -0.05) is 19.1 Å². The zero-order valence-electron chi connectivity index (χ0n) is 17.3. The Balaban J connectivity index is 1.64. The van der Waals surface area contributed by atoms with Crippen LogP contribution >= 0.6 is 0 Å². The maximum absolute atomic E-state index is 14.5. The van der Waals surface area contributed by atoms with Gasteiger partial charge in [0.1, 0.15) is 17.6 Å². The molecule has 2 heterocycles. The third-order valence-electron chi connectivity index (χ3n) is 6.85. The van der Waals surface area contributed by atoms with Gasteiger partial charge in [-0.15, -0.1) is 0 Å². The second-order valence-corrected chi connectivity index (χ2v) is 8.89. The van der Waals surface area contributed by atoms with Crippen molar-refractivity contribution < 1.29 is 23.6 Å². The first-order valence-corrected chi connectivity index (χ1v) is 10.7. The zero-order valence-corrected chi connectivity index (χ0v) is 17.3. The van der Waals surface area contributed by atoms with Crippen molar-refractivity contribution in [1.29, 1.82) is 0 Å². The Morgan fingerprint density at radius 2 is 1.83 bits per heavy atom. The minimum atomic E-state index is -0.802. The molecule has 4 rings (SSSR count). The summed E-state index contributed by atoms with van der Waals surface area (Å²) in [6.07, 6.45) is 3.23. The minimum absolute atomic E-state index is 0.0108. The molecule has 3 aliphatic rings. The lowest BCUT2D eigenvalue weighted by Gasteiger charge is -2.43. The number of carbonyl (C=O) groups excluding carboxylic acids is 2. The Morgan fingerprint density at radius 1 is 1.17 bits per heavy atom. The van der Waals surface area contributed by atoms with E-state index in [1.54, 1.807) is 17.0 Å². The maximum Gasteiger partial charge on any atom is 0.259 e. The lowest BCUT2D eigenvalue weighted by Crippen LogP contribution is -3.12. The molecule has 1 N–H and O–H groups in total. The Hall–Kier alpha value is -1.99. The summed E-state index contributed by atoms with van der Waals surface area (Å²) in [6, 6.07) is 5.33. The van der Waals surface area contributed by atoms with Gasteiger partial charge in [0.15, 0.2) is 0 Å². The first-order valence-electron chi connectivity index (χ1n) is 10.7. The maximum atomic E-state index is 14.5. The van der Waals surface area contributed by atoms with Crippen molar-refractivity contribution in [3.63, 3.8) is 0 Å². The summed E-state index contributed by atoms with van der Waals surface area (Å²) >= 11 is 0. The number of ether oxygens (including phenoxy) is 1. The zero-order chi connectivity index (χ0) is 20.6. The van der Waals surface area contributed by atoms with Gasteiger partial charge in [0.05, 0.1) is 45.4 Å². The number of rotatable bonds is 2. The molecule has 1 atom stereocenters. The molecule has 0 unspecified atom stereocenters. The molecular formula is C22H31FN3O3+. The monoisotopic (exact) mass is 404 g/mol. The van der Waals surface area contributed by atoms with Gasteiger partial charge in [0.2, 0.25) is 5.91 Å². The van der Waals surface area contributed by atoms with E-state index in [0.29, 0.717) is 31.8 Å². The van der Waals surface area contributed by atoms with Crippen LogP contribution in [0.1, 0.15) is 43.0 Å². The van der Waals surface area contributed by atoms with Crippen LogP contribution in [0.25, 0.3) is 0 Å². The molecule has 2 aliphatic heterocycles. The van der Waals surface area contributed by atoms with E-state index >= 15 is 0 Å². The molecule has 1 aliphatic carbocycles. The summed E-state index contributed by atoms with van der Waals surface area (Å²) in [5.41, 5.74) is -0.791. The van der Waals surface area contributed by atoms with E-state index in [9.17, 15) is 14.0 Å². The number of nitrogens with zero attached hydrogens (tertiary/aromatic N) is 2. The van der Waals surface area contributed by atoms with Crippen LogP contribution in [0.5, 0.6) is 0 Å². The third-order valence-corrected chi connectivity index (χ3v) is 6.85. The van der Waals surface area contributed by atoms with Gasteiger partial charge in [0.25, 0.3) is 5.91 Å². The number of halogens is 1. The van der Waals surface area contributed by atoms with Gasteiger partial charge < -0.3 is 14.5 Å². The van der Waals surface area contributed by atoms with Crippen LogP contribution < -0.4 is 4.90 Å². The van der Waals surface area contributed by atoms with Crippen LogP contribution in [-0.2, 0) is 9.53 Å². The Bertz CT molecular complexity index is 770. The second-order valence-electron chi connectivity index (χ2n) is 8.89. The fraction of sp³-hybridized carbons (Fsp3) is 0.636. The number of benzene rings is 1. The summed E-state index contributed by atoms with van der Waals surface area (Å²) < 4.78 is 20.7. The molecule has 3 fully saturated rings. The summed E-state index contributed by atoms with van der Waals surface area (Å²) in [5.74, 6) is -0.505. The van der Waals surface area contributed by atoms with Crippen molar-refractivity contribution >= 4 is 11.8 Å². The van der Waals surface area contributed by atoms with E-state index in [1.807, 2.05) is 4.90 Å². The Labute approximate surface area is 171 Å². The highest BCUT2D eigenvalue weighted by Gasteiger charge is 2.54. The molecule has 158 valence electrons. The highest BCUT2D eigenvalue weighted by Crippen LogP contribution is 2.43. The molecule has 2 amide bonds. The number of hydrogen-bond donors (Lipinski definition) is 1. The van der Waals surface area contributed by atoms with Crippen LogP contribution in [0.4, 0.5) is 4.39 Å². The molecule has 2 saturated heterocycles. The van der Waals surface area contributed by atoms with Crippen molar-refractivity contribution in [2.24, 2.45) is 5.92 Å². The van der Waals surface area contributed by atoms with Crippen molar-refractivity contribution in [3.8, 4) is 0 Å². The normalized spacial score (nSPS) is 30.7. The molecule has 1 spiro atoms. The molecule has 1 aromatic rings. The van der Waals surface area contributed by atoms with E-state index in [4.69, 9.17) is 4.74 Å². The predicted octanol–water partition coefficient (Wildman–Crippen LogP) is 0.930. The van der Waals surface area contributed by atoms with Crippen molar-refractivity contribution in [1.82, 2.24) is 9.80 Å². The number of piperazine rings is 1. The molecule has 0 bridgehead atoms. The SMILES string of the molecule is CC1CCC2(CC1)OC[C@H](C(=O)N1CC[NH+](C)CC1)N2C(=O)c1ccccc1F. The van der Waals surface area contributed by atoms with E-state index < -0.39 is 23.5 Å². The first kappa shape index (κ1) is 20.3. The predicted molar refractivity (Wildman–Crippen MR) is 106 cm³/mol. The number of likely N-dealkylation sites (N-methyl/N-ethyl adjacent to an activating group) is 1. The van der Waals surface area contributed by atoms with Gasteiger partial charge >= 0.3 is 0 Å². The summed E-state index contributed by atoms with van der Waals surface area (Å²) in [6.45, 7) is 5.51. The highest BCUT2D eigenvalue weighted by molar-refractivity contribution is 5.98. The summed E-state index contributed by atoms with van der Waals surface area (Å²) in [4.78, 5) is 31.7. The van der Waals surface area contributed by atoms with Crippen LogP contribution in [0.15, 0.2) is 24.3 Å². The van der Waals surface area contributed by atoms with Crippen molar-refractivity contribution in [3.05, 3.63) is 35.6 Å². The quantitative estimate of drug-likeness (QED) is 0.798. The lowest BCUT2D eigenvalue weighted by atomic mass is 9.83. The second kappa shape index (κ2) is 8.03. The number of carbonyl (C=O) groups is 2. The number of nitrogens with one attached hydrogen (secondary N) is 1. The molecule has 1 aromatic carbocycles. The molecule has 7 heteroatoms. The average Bonchev–Trinajstić information content (AvgIpc) is 3.09. The Kier molecular flexibility index (Phi) is 5.62. The van der Waals surface area contributed by atoms with Crippen molar-refractivity contribution in [2.75, 3.05) is 39.8 Å². The highest BCUT2D eigenvalue weighted by atomic mass is 19.1. The van der Waals surface area contributed by atoms with Gasteiger partial charge in [-0.2, -0.15) is 0 Å². The van der Waals surface area contributed by atoms with Crippen LogP contribution in [0, 0.1) is 11.7 Å². The topological polar surface area (TPSA) is 54.3 Å². The minimum Gasteiger partial charge on any atom is -0.353 e. The molecular weight excluding hydrogens is 373 g/mol. The van der Waals surface area contributed by atoms with E-state index in [2.05, 4.69) is 14.0 Å². The molecule has 1 saturated carbocycles.